The van der Waals surface area contributed by atoms with Crippen LogP contribution in [0.4, 0.5) is 11.8 Å². The lowest BCUT2D eigenvalue weighted by molar-refractivity contribution is 0.0593. The molecule has 1 aromatic carbocycles. The van der Waals surface area contributed by atoms with Crippen LogP contribution >= 0.6 is 11.3 Å². The maximum Gasteiger partial charge on any atom is 0.358 e. The lowest BCUT2D eigenvalue weighted by atomic mass is 10.1. The Morgan fingerprint density at radius 2 is 2.00 bits per heavy atom. The van der Waals surface area contributed by atoms with Gasteiger partial charge in [0.25, 0.3) is 0 Å². The Balaban J connectivity index is 1.63. The monoisotopic (exact) mass is 382 g/mol. The molecule has 0 fully saturated rings. The zero-order valence-electron chi connectivity index (χ0n) is 14.4. The lowest BCUT2D eigenvalue weighted by Gasteiger charge is -2.06. The third kappa shape index (κ3) is 3.17. The molecule has 1 N–H and O–H groups in total. The van der Waals surface area contributed by atoms with Crippen molar-refractivity contribution in [3.8, 4) is 17.0 Å². The van der Waals surface area contributed by atoms with Gasteiger partial charge in [-0.3, -0.25) is 0 Å². The van der Waals surface area contributed by atoms with Crippen LogP contribution in [-0.2, 0) is 4.74 Å². The van der Waals surface area contributed by atoms with Crippen LogP contribution in [0, 0.1) is 0 Å². The van der Waals surface area contributed by atoms with Gasteiger partial charge in [0, 0.05) is 10.9 Å². The molecule has 0 atom stereocenters. The number of methoxy groups -OCH3 is 2. The summed E-state index contributed by atoms with van der Waals surface area (Å²) in [4.78, 5) is 16.6. The number of esters is 1. The van der Waals surface area contributed by atoms with Crippen molar-refractivity contribution in [1.29, 1.82) is 0 Å². The van der Waals surface area contributed by atoms with E-state index in [0.29, 0.717) is 11.8 Å². The fourth-order valence-corrected chi connectivity index (χ4v) is 3.33. The van der Waals surface area contributed by atoms with Crippen molar-refractivity contribution >= 4 is 34.0 Å². The SMILES string of the molecule is COC(=O)c1ccc(Nc2nc3scc(-c4ccccc4OC)n3n2)nn1. The molecule has 9 nitrogen and oxygen atoms in total. The fraction of sp³-hybridized carbons (Fsp3) is 0.118. The highest BCUT2D eigenvalue weighted by atomic mass is 32.1. The molecule has 0 unspecified atom stereocenters. The second-order valence-corrected chi connectivity index (χ2v) is 6.21. The van der Waals surface area contributed by atoms with Crippen molar-refractivity contribution in [2.75, 3.05) is 19.5 Å². The van der Waals surface area contributed by atoms with E-state index in [1.807, 2.05) is 29.6 Å². The number of hydrogen-bond donors (Lipinski definition) is 1. The minimum absolute atomic E-state index is 0.125. The van der Waals surface area contributed by atoms with Gasteiger partial charge in [0.2, 0.25) is 10.9 Å². The number of para-hydroxylation sites is 1. The Hall–Kier alpha value is -3.53. The van der Waals surface area contributed by atoms with Crippen LogP contribution in [0.1, 0.15) is 10.5 Å². The quantitative estimate of drug-likeness (QED) is 0.526. The van der Waals surface area contributed by atoms with Gasteiger partial charge in [-0.1, -0.05) is 12.1 Å². The van der Waals surface area contributed by atoms with E-state index in [9.17, 15) is 4.79 Å². The summed E-state index contributed by atoms with van der Waals surface area (Å²) in [5.74, 6) is 1.00. The summed E-state index contributed by atoms with van der Waals surface area (Å²) in [6, 6.07) is 10.8. The van der Waals surface area contributed by atoms with E-state index < -0.39 is 5.97 Å². The average molecular weight is 382 g/mol. The predicted octanol–water partition coefficient (Wildman–Crippen LogP) is 2.79. The van der Waals surface area contributed by atoms with Gasteiger partial charge in [0.05, 0.1) is 19.9 Å². The number of fused-ring (bicyclic) bond motifs is 1. The third-order valence-corrected chi connectivity index (χ3v) is 4.58. The zero-order valence-corrected chi connectivity index (χ0v) is 15.2. The van der Waals surface area contributed by atoms with E-state index in [-0.39, 0.29) is 5.69 Å². The van der Waals surface area contributed by atoms with E-state index in [1.165, 1.54) is 24.5 Å². The van der Waals surface area contributed by atoms with Gasteiger partial charge in [0.15, 0.2) is 11.5 Å². The normalized spacial score (nSPS) is 10.7. The molecule has 3 heterocycles. The number of carbonyl (C=O) groups excluding carboxylic acids is 1. The standard InChI is InChI=1S/C17H14N6O3S/c1-25-13-6-4-3-5-10(13)12-9-27-17-19-16(22-23(12)17)18-14-8-7-11(20-21-14)15(24)26-2/h3-9H,1-2H3,(H,18,21,22). The molecule has 0 spiro atoms. The Kier molecular flexibility index (Phi) is 4.38. The van der Waals surface area contributed by atoms with Crippen molar-refractivity contribution in [2.24, 2.45) is 0 Å². The summed E-state index contributed by atoms with van der Waals surface area (Å²) >= 11 is 1.47. The Morgan fingerprint density at radius 1 is 1.15 bits per heavy atom. The molecule has 0 saturated heterocycles. The number of hydrogen-bond acceptors (Lipinski definition) is 9. The van der Waals surface area contributed by atoms with E-state index in [1.54, 1.807) is 17.7 Å². The molecule has 4 aromatic rings. The van der Waals surface area contributed by atoms with Crippen molar-refractivity contribution in [3.63, 3.8) is 0 Å². The van der Waals surface area contributed by atoms with Crippen molar-refractivity contribution in [1.82, 2.24) is 24.8 Å². The number of benzene rings is 1. The van der Waals surface area contributed by atoms with E-state index in [2.05, 4.69) is 30.3 Å². The lowest BCUT2D eigenvalue weighted by Crippen LogP contribution is -2.06. The topological polar surface area (TPSA) is 104 Å². The molecule has 0 bridgehead atoms. The van der Waals surface area contributed by atoms with Gasteiger partial charge in [-0.15, -0.1) is 26.6 Å². The smallest absolute Gasteiger partial charge is 0.358 e. The van der Waals surface area contributed by atoms with Crippen molar-refractivity contribution < 1.29 is 14.3 Å². The van der Waals surface area contributed by atoms with E-state index in [4.69, 9.17) is 4.74 Å². The van der Waals surface area contributed by atoms with Gasteiger partial charge in [-0.2, -0.15) is 4.98 Å². The number of nitrogens with zero attached hydrogens (tertiary/aromatic N) is 5. The Morgan fingerprint density at radius 3 is 2.74 bits per heavy atom. The van der Waals surface area contributed by atoms with Crippen LogP contribution in [0.2, 0.25) is 0 Å². The Bertz CT molecular complexity index is 1110. The minimum atomic E-state index is -0.545. The molecule has 4 rings (SSSR count). The molecule has 10 heteroatoms. The maximum absolute atomic E-state index is 11.4. The third-order valence-electron chi connectivity index (χ3n) is 3.76. The molecule has 0 aliphatic heterocycles. The molecule has 0 saturated carbocycles. The number of thiazole rings is 1. The minimum Gasteiger partial charge on any atom is -0.496 e. The van der Waals surface area contributed by atoms with Gasteiger partial charge in [0.1, 0.15) is 5.75 Å². The van der Waals surface area contributed by atoms with E-state index >= 15 is 0 Å². The van der Waals surface area contributed by atoms with Crippen LogP contribution in [0.15, 0.2) is 41.8 Å². The van der Waals surface area contributed by atoms with Gasteiger partial charge >= 0.3 is 5.97 Å². The highest BCUT2D eigenvalue weighted by Gasteiger charge is 2.15. The first-order valence-corrected chi connectivity index (χ1v) is 8.74. The number of carbonyl (C=O) groups is 1. The molecule has 0 aliphatic carbocycles. The molecule has 0 amide bonds. The predicted molar refractivity (Wildman–Crippen MR) is 99.5 cm³/mol. The molecule has 136 valence electrons. The first-order valence-electron chi connectivity index (χ1n) is 7.86. The van der Waals surface area contributed by atoms with Gasteiger partial charge in [-0.05, 0) is 24.3 Å². The summed E-state index contributed by atoms with van der Waals surface area (Å²) in [7, 11) is 2.92. The Labute approximate surface area is 157 Å². The first kappa shape index (κ1) is 16.9. The van der Waals surface area contributed by atoms with Crippen LogP contribution < -0.4 is 10.1 Å². The number of ether oxygens (including phenoxy) is 2. The molecule has 0 radical (unpaired) electrons. The average Bonchev–Trinajstić information content (AvgIpc) is 3.28. The summed E-state index contributed by atoms with van der Waals surface area (Å²) < 4.78 is 11.8. The molecular weight excluding hydrogens is 368 g/mol. The largest absolute Gasteiger partial charge is 0.496 e. The summed E-state index contributed by atoms with van der Waals surface area (Å²) in [6.45, 7) is 0. The van der Waals surface area contributed by atoms with Crippen LogP contribution in [0.5, 0.6) is 5.75 Å². The van der Waals surface area contributed by atoms with E-state index in [0.717, 1.165) is 22.0 Å². The van der Waals surface area contributed by atoms with Crippen LogP contribution in [0.25, 0.3) is 16.2 Å². The number of rotatable bonds is 5. The number of aromatic nitrogens is 5. The summed E-state index contributed by atoms with van der Waals surface area (Å²) in [5.41, 5.74) is 1.92. The van der Waals surface area contributed by atoms with Crippen molar-refractivity contribution in [3.05, 3.63) is 47.5 Å². The highest BCUT2D eigenvalue weighted by molar-refractivity contribution is 7.15. The van der Waals surface area contributed by atoms with Crippen LogP contribution in [0.3, 0.4) is 0 Å². The summed E-state index contributed by atoms with van der Waals surface area (Å²) in [6.07, 6.45) is 0. The van der Waals surface area contributed by atoms with Crippen LogP contribution in [-0.4, -0.2) is 45.0 Å². The second-order valence-electron chi connectivity index (χ2n) is 5.37. The fourth-order valence-electron chi connectivity index (χ4n) is 2.50. The molecule has 0 aliphatic rings. The maximum atomic E-state index is 11.4. The number of nitrogens with one attached hydrogen (secondary N) is 1. The zero-order chi connectivity index (χ0) is 18.8. The molecular formula is C17H14N6O3S. The second kappa shape index (κ2) is 7.00. The van der Waals surface area contributed by atoms with Crippen molar-refractivity contribution in [2.45, 2.75) is 0 Å². The molecule has 3 aromatic heterocycles. The van der Waals surface area contributed by atoms with Gasteiger partial charge in [-0.25, -0.2) is 9.31 Å². The first-order chi connectivity index (χ1) is 13.2. The highest BCUT2D eigenvalue weighted by Crippen LogP contribution is 2.32. The van der Waals surface area contributed by atoms with Gasteiger partial charge < -0.3 is 14.8 Å². The number of anilines is 2. The summed E-state index contributed by atoms with van der Waals surface area (Å²) in [5, 5.41) is 17.2. The molecule has 27 heavy (non-hydrogen) atoms.